The molecular formula is C25H23N5. The molecule has 3 aromatic heterocycles. The van der Waals surface area contributed by atoms with E-state index in [1.165, 1.54) is 10.9 Å². The maximum absolute atomic E-state index is 4.57. The van der Waals surface area contributed by atoms with E-state index in [0.717, 1.165) is 39.0 Å². The van der Waals surface area contributed by atoms with Crippen molar-refractivity contribution < 1.29 is 1.43 Å². The number of benzene rings is 2. The van der Waals surface area contributed by atoms with E-state index < -0.39 is 0 Å². The van der Waals surface area contributed by atoms with Crippen molar-refractivity contribution in [2.75, 3.05) is 5.32 Å². The van der Waals surface area contributed by atoms with Crippen LogP contribution in [0, 0.1) is 0 Å². The van der Waals surface area contributed by atoms with E-state index in [4.69, 9.17) is 0 Å². The molecule has 3 heterocycles. The van der Waals surface area contributed by atoms with E-state index >= 15 is 0 Å². The van der Waals surface area contributed by atoms with Crippen molar-refractivity contribution in [3.8, 4) is 11.1 Å². The highest BCUT2D eigenvalue weighted by atomic mass is 15.2. The van der Waals surface area contributed by atoms with Crippen molar-refractivity contribution in [2.45, 2.75) is 0 Å². The van der Waals surface area contributed by atoms with Gasteiger partial charge in [-0.1, -0.05) is 24.8 Å². The second-order valence-electron chi connectivity index (χ2n) is 7.41. The fourth-order valence-electron chi connectivity index (χ4n) is 3.74. The minimum absolute atomic E-state index is 0. The number of fused-ring (bicyclic) bond motifs is 2. The van der Waals surface area contributed by atoms with E-state index in [-0.39, 0.29) is 1.43 Å². The Kier molecular flexibility index (Phi) is 4.24. The lowest BCUT2D eigenvalue weighted by Crippen LogP contribution is -2.00. The second kappa shape index (κ2) is 7.07. The number of pyridine rings is 1. The predicted octanol–water partition coefficient (Wildman–Crippen LogP) is 5.61. The highest BCUT2D eigenvalue weighted by Crippen LogP contribution is 2.27. The molecule has 2 aromatic carbocycles. The van der Waals surface area contributed by atoms with Crippen LogP contribution in [-0.2, 0) is 14.1 Å². The van der Waals surface area contributed by atoms with E-state index in [1.807, 2.05) is 43.4 Å². The summed E-state index contributed by atoms with van der Waals surface area (Å²) >= 11 is 0. The Balaban J connectivity index is 0.00000231. The quantitative estimate of drug-likeness (QED) is 0.404. The van der Waals surface area contributed by atoms with Gasteiger partial charge in [0, 0.05) is 61.5 Å². The van der Waals surface area contributed by atoms with E-state index in [0.29, 0.717) is 0 Å². The lowest BCUT2D eigenvalue weighted by atomic mass is 10.0. The highest BCUT2D eigenvalue weighted by Gasteiger charge is 2.08. The van der Waals surface area contributed by atoms with Gasteiger partial charge in [0.2, 0.25) is 0 Å². The van der Waals surface area contributed by atoms with Crippen LogP contribution >= 0.6 is 0 Å². The summed E-state index contributed by atoms with van der Waals surface area (Å²) in [5.74, 6) is 0.755. The molecule has 0 bridgehead atoms. The van der Waals surface area contributed by atoms with Gasteiger partial charge in [-0.2, -0.15) is 5.10 Å². The number of nitrogens with one attached hydrogen (secondary N) is 1. The Labute approximate surface area is 176 Å². The maximum Gasteiger partial charge on any atom is 0.131 e. The molecule has 0 spiro atoms. The zero-order valence-electron chi connectivity index (χ0n) is 16.9. The first-order valence-electron chi connectivity index (χ1n) is 9.72. The van der Waals surface area contributed by atoms with Gasteiger partial charge in [0.15, 0.2) is 0 Å². The van der Waals surface area contributed by atoms with Gasteiger partial charge in [0.05, 0.1) is 11.9 Å². The lowest BCUT2D eigenvalue weighted by molar-refractivity contribution is 0.768. The molecule has 0 saturated carbocycles. The van der Waals surface area contributed by atoms with Crippen LogP contribution in [0.15, 0.2) is 85.6 Å². The maximum atomic E-state index is 4.57. The van der Waals surface area contributed by atoms with E-state index in [2.05, 4.69) is 80.9 Å². The van der Waals surface area contributed by atoms with Crippen LogP contribution in [0.25, 0.3) is 38.5 Å². The number of aromatic nitrogens is 4. The summed E-state index contributed by atoms with van der Waals surface area (Å²) in [5.41, 5.74) is 8.26. The summed E-state index contributed by atoms with van der Waals surface area (Å²) in [7, 11) is 3.97. The molecule has 0 amide bonds. The normalized spacial score (nSPS) is 11.0. The van der Waals surface area contributed by atoms with Crippen LogP contribution in [0.1, 0.15) is 6.99 Å². The van der Waals surface area contributed by atoms with Gasteiger partial charge in [-0.3, -0.25) is 4.68 Å². The minimum atomic E-state index is 0. The van der Waals surface area contributed by atoms with Gasteiger partial charge < -0.3 is 9.88 Å². The Morgan fingerprint density at radius 3 is 2.67 bits per heavy atom. The van der Waals surface area contributed by atoms with Crippen molar-refractivity contribution in [3.05, 3.63) is 91.2 Å². The molecule has 0 radical (unpaired) electrons. The first-order valence-corrected chi connectivity index (χ1v) is 9.72. The summed E-state index contributed by atoms with van der Waals surface area (Å²) in [6, 6.07) is 16.8. The molecule has 0 unspecified atom stereocenters. The second-order valence-corrected chi connectivity index (χ2v) is 7.41. The highest BCUT2D eigenvalue weighted by molar-refractivity contribution is 5.90. The lowest BCUT2D eigenvalue weighted by Gasteiger charge is -2.10. The number of rotatable bonds is 4. The number of anilines is 1. The standard InChI is InChI=1S/C25H21N5.H2/c1-4-23(18-7-8-24-19(12-18)9-10-29(24)2)28-25-13-21-11-17(5-6-20(21)14-26-25)22-15-27-30(3)16-22;/h5-16H,1H2,2-3H3,(H,26,28);1H. The molecule has 30 heavy (non-hydrogen) atoms. The molecule has 0 aliphatic heterocycles. The summed E-state index contributed by atoms with van der Waals surface area (Å²) < 4.78 is 3.92. The number of hydrogen-bond donors (Lipinski definition) is 1. The molecule has 5 nitrogen and oxygen atoms in total. The Bertz CT molecular complexity index is 1450. The molecule has 0 atom stereocenters. The van der Waals surface area contributed by atoms with Crippen molar-refractivity contribution in [2.24, 2.45) is 14.1 Å². The molecule has 0 fully saturated rings. The average molecular weight is 393 g/mol. The van der Waals surface area contributed by atoms with Gasteiger partial charge in [0.1, 0.15) is 5.82 Å². The number of aryl methyl sites for hydroxylation is 2. The molecule has 5 aromatic rings. The van der Waals surface area contributed by atoms with Crippen LogP contribution < -0.4 is 5.32 Å². The Hall–Kier alpha value is -4.08. The third-order valence-electron chi connectivity index (χ3n) is 5.36. The Morgan fingerprint density at radius 2 is 1.87 bits per heavy atom. The fraction of sp³-hybridized carbons (Fsp3) is 0.0800. The molecular weight excluding hydrogens is 370 g/mol. The molecule has 0 saturated heterocycles. The van der Waals surface area contributed by atoms with Crippen LogP contribution in [0.2, 0.25) is 0 Å². The first-order chi connectivity index (χ1) is 14.6. The molecule has 148 valence electrons. The largest absolute Gasteiger partial charge is 0.351 e. The third-order valence-corrected chi connectivity index (χ3v) is 5.36. The molecule has 0 aliphatic rings. The molecule has 5 heteroatoms. The average Bonchev–Trinajstić information content (AvgIpc) is 3.37. The van der Waals surface area contributed by atoms with Crippen molar-refractivity contribution in [3.63, 3.8) is 0 Å². The summed E-state index contributed by atoms with van der Waals surface area (Å²) in [6.07, 6.45) is 7.83. The summed E-state index contributed by atoms with van der Waals surface area (Å²) in [6.45, 7) is 3.87. The van der Waals surface area contributed by atoms with E-state index in [1.54, 1.807) is 0 Å². The Morgan fingerprint density at radius 1 is 0.967 bits per heavy atom. The zero-order chi connectivity index (χ0) is 20.7. The number of nitrogens with zero attached hydrogens (tertiary/aromatic N) is 4. The van der Waals surface area contributed by atoms with E-state index in [9.17, 15) is 0 Å². The predicted molar refractivity (Wildman–Crippen MR) is 125 cm³/mol. The van der Waals surface area contributed by atoms with Crippen molar-refractivity contribution in [1.29, 1.82) is 0 Å². The monoisotopic (exact) mass is 393 g/mol. The molecule has 0 aliphatic carbocycles. The SMILES string of the molecule is C=C=C(Nc1cc2cc(-c3cnn(C)c3)ccc2cn1)c1ccc2c(ccn2C)c1.[HH]. The molecule has 1 N–H and O–H groups in total. The molecule has 5 rings (SSSR count). The fourth-order valence-corrected chi connectivity index (χ4v) is 3.74. The van der Waals surface area contributed by atoms with Gasteiger partial charge >= 0.3 is 0 Å². The summed E-state index contributed by atoms with van der Waals surface area (Å²) in [5, 5.41) is 11.0. The van der Waals surface area contributed by atoms with Crippen LogP contribution in [0.4, 0.5) is 5.82 Å². The van der Waals surface area contributed by atoms with Crippen LogP contribution in [0.5, 0.6) is 0 Å². The van der Waals surface area contributed by atoms with Crippen LogP contribution in [-0.4, -0.2) is 19.3 Å². The topological polar surface area (TPSA) is 47.7 Å². The smallest absolute Gasteiger partial charge is 0.131 e. The van der Waals surface area contributed by atoms with Crippen molar-refractivity contribution >= 4 is 33.2 Å². The van der Waals surface area contributed by atoms with Gasteiger partial charge in [-0.05, 0) is 41.3 Å². The van der Waals surface area contributed by atoms with Gasteiger partial charge in [0.25, 0.3) is 0 Å². The third kappa shape index (κ3) is 3.17. The number of hydrogen-bond acceptors (Lipinski definition) is 3. The van der Waals surface area contributed by atoms with Gasteiger partial charge in [-0.15, -0.1) is 5.73 Å². The van der Waals surface area contributed by atoms with Crippen LogP contribution in [0.3, 0.4) is 0 Å². The first kappa shape index (κ1) is 18.0. The minimum Gasteiger partial charge on any atom is -0.351 e. The summed E-state index contributed by atoms with van der Waals surface area (Å²) in [4.78, 5) is 4.57. The zero-order valence-corrected chi connectivity index (χ0v) is 16.9. The van der Waals surface area contributed by atoms with Crippen molar-refractivity contribution in [1.82, 2.24) is 19.3 Å². The van der Waals surface area contributed by atoms with Gasteiger partial charge in [-0.25, -0.2) is 4.98 Å².